The molecule has 66 valence electrons. The highest BCUT2D eigenvalue weighted by atomic mass is 15.2. The van der Waals surface area contributed by atoms with Gasteiger partial charge in [0.25, 0.3) is 0 Å². The third-order valence-electron chi connectivity index (χ3n) is 2.51. The second-order valence-corrected chi connectivity index (χ2v) is 3.66. The maximum atomic E-state index is 5.87. The summed E-state index contributed by atoms with van der Waals surface area (Å²) in [7, 11) is 0. The third kappa shape index (κ3) is 0.891. The van der Waals surface area contributed by atoms with Gasteiger partial charge in [-0.25, -0.2) is 0 Å². The number of nitrogens with one attached hydrogen (secondary N) is 1. The largest absolute Gasteiger partial charge is 0.399 e. The van der Waals surface area contributed by atoms with Gasteiger partial charge < -0.3 is 16.0 Å². The van der Waals surface area contributed by atoms with E-state index in [1.807, 2.05) is 6.20 Å². The molecule has 0 aromatic carbocycles. The molecule has 12 heavy (non-hydrogen) atoms. The normalized spacial score (nSPS) is 32.2. The van der Waals surface area contributed by atoms with Gasteiger partial charge in [0, 0.05) is 17.9 Å². The number of hydrogen-bond acceptors (Lipinski definition) is 3. The first kappa shape index (κ1) is 7.53. The first-order valence-electron chi connectivity index (χ1n) is 4.37. The zero-order chi connectivity index (χ0) is 8.72. The Morgan fingerprint density at radius 3 is 3.00 bits per heavy atom. The molecule has 0 bridgehead atoms. The van der Waals surface area contributed by atoms with Crippen molar-refractivity contribution in [3.63, 3.8) is 0 Å². The van der Waals surface area contributed by atoms with Gasteiger partial charge in [-0.2, -0.15) is 0 Å². The van der Waals surface area contributed by atoms with Crippen LogP contribution < -0.4 is 11.1 Å². The van der Waals surface area contributed by atoms with Crippen molar-refractivity contribution >= 4 is 0 Å². The first-order valence-corrected chi connectivity index (χ1v) is 4.37. The van der Waals surface area contributed by atoms with Crippen molar-refractivity contribution in [1.29, 1.82) is 0 Å². The lowest BCUT2D eigenvalue weighted by molar-refractivity contribution is 0.273. The van der Waals surface area contributed by atoms with Crippen molar-refractivity contribution in [3.8, 4) is 0 Å². The van der Waals surface area contributed by atoms with Gasteiger partial charge in [-0.3, -0.25) is 0 Å². The van der Waals surface area contributed by atoms with Crippen LogP contribution in [0.5, 0.6) is 0 Å². The molecule has 0 aromatic heterocycles. The van der Waals surface area contributed by atoms with Gasteiger partial charge in [-0.05, 0) is 26.1 Å². The van der Waals surface area contributed by atoms with Gasteiger partial charge in [0.15, 0.2) is 0 Å². The molecule has 2 aliphatic heterocycles. The lowest BCUT2D eigenvalue weighted by Gasteiger charge is -2.27. The Hall–Kier alpha value is -1.12. The lowest BCUT2D eigenvalue weighted by Crippen LogP contribution is -2.40. The van der Waals surface area contributed by atoms with Crippen LogP contribution in [0.1, 0.15) is 13.8 Å². The van der Waals surface area contributed by atoms with E-state index < -0.39 is 0 Å². The van der Waals surface area contributed by atoms with Gasteiger partial charge in [0.05, 0.1) is 12.1 Å². The first-order chi connectivity index (χ1) is 5.70. The molecule has 0 saturated carbocycles. The van der Waals surface area contributed by atoms with Gasteiger partial charge in [0.2, 0.25) is 0 Å². The van der Waals surface area contributed by atoms with Crippen molar-refractivity contribution < 1.29 is 0 Å². The molecule has 2 atom stereocenters. The van der Waals surface area contributed by atoms with Crippen LogP contribution in [0.25, 0.3) is 0 Å². The van der Waals surface area contributed by atoms with Crippen molar-refractivity contribution in [3.05, 3.63) is 24.2 Å². The lowest BCUT2D eigenvalue weighted by atomic mass is 10.1. The van der Waals surface area contributed by atoms with Crippen molar-refractivity contribution in [2.45, 2.75) is 32.0 Å². The second kappa shape index (κ2) is 2.44. The van der Waals surface area contributed by atoms with Crippen LogP contribution in [0.15, 0.2) is 24.2 Å². The van der Waals surface area contributed by atoms with E-state index in [1.54, 1.807) is 0 Å². The molecule has 0 saturated heterocycles. The summed E-state index contributed by atoms with van der Waals surface area (Å²) >= 11 is 0. The monoisotopic (exact) mass is 165 g/mol. The Bertz CT molecular complexity index is 242. The summed E-state index contributed by atoms with van der Waals surface area (Å²) in [6.07, 6.45) is 6.21. The van der Waals surface area contributed by atoms with E-state index in [1.165, 1.54) is 0 Å². The molecule has 0 spiro atoms. The number of nitrogens with zero attached hydrogens (tertiary/aromatic N) is 1. The van der Waals surface area contributed by atoms with Crippen LogP contribution in [-0.4, -0.2) is 23.0 Å². The Balaban J connectivity index is 2.22. The zero-order valence-electron chi connectivity index (χ0n) is 7.49. The predicted octanol–water partition coefficient (Wildman–Crippen LogP) is 0.365. The predicted molar refractivity (Wildman–Crippen MR) is 49.1 cm³/mol. The highest BCUT2D eigenvalue weighted by molar-refractivity contribution is 5.28. The molecule has 3 N–H and O–H groups in total. The SMILES string of the molecule is CC(C)N1C=C(N)C2NC=CC21. The van der Waals surface area contributed by atoms with Gasteiger partial charge in [0.1, 0.15) is 0 Å². The number of nitrogens with two attached hydrogens (primary N) is 1. The van der Waals surface area contributed by atoms with Crippen LogP contribution in [-0.2, 0) is 0 Å². The van der Waals surface area contributed by atoms with Crippen molar-refractivity contribution in [2.75, 3.05) is 0 Å². The van der Waals surface area contributed by atoms with Gasteiger partial charge in [-0.1, -0.05) is 0 Å². The van der Waals surface area contributed by atoms with Crippen LogP contribution >= 0.6 is 0 Å². The van der Waals surface area contributed by atoms with E-state index in [9.17, 15) is 0 Å². The maximum Gasteiger partial charge on any atom is 0.0909 e. The maximum absolute atomic E-state index is 5.87. The number of rotatable bonds is 1. The van der Waals surface area contributed by atoms with E-state index >= 15 is 0 Å². The Kier molecular flexibility index (Phi) is 1.53. The molecule has 0 radical (unpaired) electrons. The summed E-state index contributed by atoms with van der Waals surface area (Å²) in [5.41, 5.74) is 6.81. The topological polar surface area (TPSA) is 41.3 Å². The fraction of sp³-hybridized carbons (Fsp3) is 0.556. The van der Waals surface area contributed by atoms with E-state index in [4.69, 9.17) is 5.73 Å². The molecule has 2 unspecified atom stereocenters. The summed E-state index contributed by atoms with van der Waals surface area (Å²) in [6.45, 7) is 4.36. The highest BCUT2D eigenvalue weighted by Crippen LogP contribution is 2.25. The van der Waals surface area contributed by atoms with Crippen molar-refractivity contribution in [2.24, 2.45) is 5.73 Å². The fourth-order valence-electron chi connectivity index (χ4n) is 1.86. The molecular formula is C9H15N3. The number of fused-ring (bicyclic) bond motifs is 1. The molecule has 3 nitrogen and oxygen atoms in total. The van der Waals surface area contributed by atoms with Crippen LogP contribution in [0.4, 0.5) is 0 Å². The quantitative estimate of drug-likeness (QED) is 0.589. The molecule has 0 aromatic rings. The van der Waals surface area contributed by atoms with Crippen LogP contribution in [0.2, 0.25) is 0 Å². The molecule has 2 heterocycles. The molecule has 2 rings (SSSR count). The molecule has 0 aliphatic carbocycles. The third-order valence-corrected chi connectivity index (χ3v) is 2.51. The minimum Gasteiger partial charge on any atom is -0.399 e. The minimum atomic E-state index is 0.312. The molecule has 0 amide bonds. The van der Waals surface area contributed by atoms with E-state index in [2.05, 4.69) is 36.3 Å². The summed E-state index contributed by atoms with van der Waals surface area (Å²) in [5.74, 6) is 0. The van der Waals surface area contributed by atoms with E-state index in [0.717, 1.165) is 5.70 Å². The van der Waals surface area contributed by atoms with E-state index in [0.29, 0.717) is 18.1 Å². The highest BCUT2D eigenvalue weighted by Gasteiger charge is 2.35. The summed E-state index contributed by atoms with van der Waals surface area (Å²) in [6, 6.07) is 1.26. The standard InChI is InChI=1S/C9H15N3/c1-6(2)12-5-7(10)9-8(12)3-4-11-9/h3-6,8-9,11H,10H2,1-2H3. The zero-order valence-corrected chi connectivity index (χ0v) is 7.49. The van der Waals surface area contributed by atoms with Gasteiger partial charge in [-0.15, -0.1) is 0 Å². The van der Waals surface area contributed by atoms with Crippen LogP contribution in [0.3, 0.4) is 0 Å². The molecule has 3 heteroatoms. The molecule has 0 fully saturated rings. The molecule has 2 aliphatic rings. The summed E-state index contributed by atoms with van der Waals surface area (Å²) in [4.78, 5) is 2.29. The fourth-order valence-corrected chi connectivity index (χ4v) is 1.86. The number of hydrogen-bond donors (Lipinski definition) is 2. The molecular weight excluding hydrogens is 150 g/mol. The van der Waals surface area contributed by atoms with E-state index in [-0.39, 0.29) is 0 Å². The Morgan fingerprint density at radius 1 is 1.58 bits per heavy atom. The summed E-state index contributed by atoms with van der Waals surface area (Å²) in [5, 5.41) is 3.24. The second-order valence-electron chi connectivity index (χ2n) is 3.66. The van der Waals surface area contributed by atoms with Crippen LogP contribution in [0, 0.1) is 0 Å². The Morgan fingerprint density at radius 2 is 2.33 bits per heavy atom. The smallest absolute Gasteiger partial charge is 0.0909 e. The average Bonchev–Trinajstić information content (AvgIpc) is 2.53. The van der Waals surface area contributed by atoms with Gasteiger partial charge >= 0.3 is 0 Å². The minimum absolute atomic E-state index is 0.312. The average molecular weight is 165 g/mol. The Labute approximate surface area is 72.9 Å². The summed E-state index contributed by atoms with van der Waals surface area (Å²) < 4.78 is 0. The van der Waals surface area contributed by atoms with Crippen molar-refractivity contribution in [1.82, 2.24) is 10.2 Å².